The van der Waals surface area contributed by atoms with Crippen LogP contribution in [0.4, 0.5) is 5.69 Å². The summed E-state index contributed by atoms with van der Waals surface area (Å²) in [5.74, 6) is 0. The van der Waals surface area contributed by atoms with Gasteiger partial charge in [-0.2, -0.15) is 0 Å². The molecule has 0 bridgehead atoms. The molecule has 4 aromatic rings. The van der Waals surface area contributed by atoms with Crippen LogP contribution in [0.5, 0.6) is 0 Å². The van der Waals surface area contributed by atoms with Crippen molar-refractivity contribution in [1.29, 1.82) is 0 Å². The van der Waals surface area contributed by atoms with E-state index in [1.807, 2.05) is 0 Å². The number of aryl methyl sites for hydroxylation is 3. The predicted octanol–water partition coefficient (Wildman–Crippen LogP) is 6.44. The second kappa shape index (κ2) is 7.24. The maximum absolute atomic E-state index is 4.92. The van der Waals surface area contributed by atoms with E-state index in [4.69, 9.17) is 4.98 Å². The van der Waals surface area contributed by atoms with E-state index in [9.17, 15) is 0 Å². The molecule has 1 aromatic heterocycles. The Morgan fingerprint density at radius 2 is 1.48 bits per heavy atom. The van der Waals surface area contributed by atoms with Crippen LogP contribution < -0.4 is 5.32 Å². The summed E-state index contributed by atoms with van der Waals surface area (Å²) in [7, 11) is 0. The van der Waals surface area contributed by atoms with Crippen LogP contribution in [0, 0.1) is 20.8 Å². The Bertz CT molecular complexity index is 1080. The highest BCUT2D eigenvalue weighted by molar-refractivity contribution is 5.95. The minimum atomic E-state index is 0.712. The Morgan fingerprint density at radius 1 is 0.778 bits per heavy atom. The van der Waals surface area contributed by atoms with Crippen molar-refractivity contribution in [3.05, 3.63) is 95.2 Å². The molecule has 27 heavy (non-hydrogen) atoms. The van der Waals surface area contributed by atoms with Crippen LogP contribution in [0.15, 0.2) is 72.8 Å². The standard InChI is InChI=1S/C25H24N2/c1-17-14-18(2)25(19(3)15-17)26-16-21-10-7-13-24(27-21)23-12-6-9-20-8-4-5-11-22(20)23/h4-15,26H,16H2,1-3H3. The van der Waals surface area contributed by atoms with Gasteiger partial charge in [-0.15, -0.1) is 0 Å². The molecule has 0 aliphatic carbocycles. The molecule has 0 fully saturated rings. The lowest BCUT2D eigenvalue weighted by Gasteiger charge is -2.14. The Kier molecular flexibility index (Phi) is 4.64. The monoisotopic (exact) mass is 352 g/mol. The number of nitrogens with one attached hydrogen (secondary N) is 1. The van der Waals surface area contributed by atoms with Crippen molar-refractivity contribution in [2.45, 2.75) is 27.3 Å². The summed E-state index contributed by atoms with van der Waals surface area (Å²) < 4.78 is 0. The van der Waals surface area contributed by atoms with Crippen LogP contribution in [0.1, 0.15) is 22.4 Å². The van der Waals surface area contributed by atoms with Crippen LogP contribution in [0.2, 0.25) is 0 Å². The van der Waals surface area contributed by atoms with Crippen molar-refractivity contribution in [2.75, 3.05) is 5.32 Å². The molecule has 0 atom stereocenters. The van der Waals surface area contributed by atoms with Crippen LogP contribution in [-0.4, -0.2) is 4.98 Å². The lowest BCUT2D eigenvalue weighted by molar-refractivity contribution is 1.04. The van der Waals surface area contributed by atoms with Crippen molar-refractivity contribution in [2.24, 2.45) is 0 Å². The first-order valence-electron chi connectivity index (χ1n) is 9.37. The third kappa shape index (κ3) is 3.56. The summed E-state index contributed by atoms with van der Waals surface area (Å²) in [5.41, 5.74) is 8.29. The second-order valence-electron chi connectivity index (χ2n) is 7.17. The minimum absolute atomic E-state index is 0.712. The molecular weight excluding hydrogens is 328 g/mol. The number of hydrogen-bond donors (Lipinski definition) is 1. The van der Waals surface area contributed by atoms with Gasteiger partial charge in [0.1, 0.15) is 0 Å². The molecule has 0 saturated heterocycles. The number of nitrogens with zero attached hydrogens (tertiary/aromatic N) is 1. The second-order valence-corrected chi connectivity index (χ2v) is 7.17. The number of hydrogen-bond acceptors (Lipinski definition) is 2. The average molecular weight is 352 g/mol. The van der Waals surface area contributed by atoms with Gasteiger partial charge in [-0.3, -0.25) is 4.98 Å². The number of aromatic nitrogens is 1. The average Bonchev–Trinajstić information content (AvgIpc) is 2.67. The first kappa shape index (κ1) is 17.3. The third-order valence-electron chi connectivity index (χ3n) is 5.00. The van der Waals surface area contributed by atoms with Gasteiger partial charge in [0, 0.05) is 11.3 Å². The van der Waals surface area contributed by atoms with Crippen molar-refractivity contribution in [3.8, 4) is 11.3 Å². The molecule has 1 N–H and O–H groups in total. The molecule has 0 spiro atoms. The summed E-state index contributed by atoms with van der Waals surface area (Å²) in [6, 6.07) is 25.6. The fourth-order valence-electron chi connectivity index (χ4n) is 3.81. The largest absolute Gasteiger partial charge is 0.379 e. The number of anilines is 1. The lowest BCUT2D eigenvalue weighted by Crippen LogP contribution is -2.05. The summed E-state index contributed by atoms with van der Waals surface area (Å²) in [5, 5.41) is 6.06. The van der Waals surface area contributed by atoms with E-state index in [0.717, 1.165) is 11.4 Å². The Hall–Kier alpha value is -3.13. The van der Waals surface area contributed by atoms with E-state index >= 15 is 0 Å². The normalized spacial score (nSPS) is 10.9. The van der Waals surface area contributed by atoms with E-state index in [1.54, 1.807) is 0 Å². The molecule has 0 aliphatic rings. The molecule has 0 unspecified atom stereocenters. The zero-order valence-corrected chi connectivity index (χ0v) is 16.1. The smallest absolute Gasteiger partial charge is 0.0712 e. The van der Waals surface area contributed by atoms with Crippen molar-refractivity contribution >= 4 is 16.5 Å². The summed E-state index contributed by atoms with van der Waals surface area (Å²) in [6.07, 6.45) is 0. The molecule has 0 aliphatic heterocycles. The first-order valence-corrected chi connectivity index (χ1v) is 9.37. The van der Waals surface area contributed by atoms with Gasteiger partial charge in [-0.1, -0.05) is 66.2 Å². The Balaban J connectivity index is 1.64. The maximum Gasteiger partial charge on any atom is 0.0712 e. The number of fused-ring (bicyclic) bond motifs is 1. The van der Waals surface area contributed by atoms with Crippen LogP contribution >= 0.6 is 0 Å². The van der Waals surface area contributed by atoms with Crippen LogP contribution in [0.25, 0.3) is 22.0 Å². The van der Waals surface area contributed by atoms with Gasteiger partial charge in [-0.25, -0.2) is 0 Å². The molecule has 2 nitrogen and oxygen atoms in total. The van der Waals surface area contributed by atoms with E-state index < -0.39 is 0 Å². The first-order chi connectivity index (χ1) is 13.1. The molecule has 1 heterocycles. The molecule has 2 heteroatoms. The minimum Gasteiger partial charge on any atom is -0.379 e. The zero-order chi connectivity index (χ0) is 18.8. The maximum atomic E-state index is 4.92. The van der Waals surface area contributed by atoms with Crippen LogP contribution in [0.3, 0.4) is 0 Å². The highest BCUT2D eigenvalue weighted by Gasteiger charge is 2.07. The van der Waals surface area contributed by atoms with E-state index in [2.05, 4.69) is 98.9 Å². The fraction of sp³-hybridized carbons (Fsp3) is 0.160. The van der Waals surface area contributed by atoms with E-state index in [0.29, 0.717) is 6.54 Å². The fourth-order valence-corrected chi connectivity index (χ4v) is 3.81. The molecule has 0 radical (unpaired) electrons. The quantitative estimate of drug-likeness (QED) is 0.457. The zero-order valence-electron chi connectivity index (χ0n) is 16.1. The SMILES string of the molecule is Cc1cc(C)c(NCc2cccc(-c3cccc4ccccc34)n2)c(C)c1. The van der Waals surface area contributed by atoms with Gasteiger partial charge < -0.3 is 5.32 Å². The van der Waals surface area contributed by atoms with Gasteiger partial charge in [0.25, 0.3) is 0 Å². The Morgan fingerprint density at radius 3 is 2.30 bits per heavy atom. The van der Waals surface area contributed by atoms with Crippen molar-refractivity contribution in [1.82, 2.24) is 4.98 Å². The van der Waals surface area contributed by atoms with E-state index in [1.165, 1.54) is 38.7 Å². The molecule has 4 rings (SSSR count). The van der Waals surface area contributed by atoms with Gasteiger partial charge in [0.05, 0.1) is 17.9 Å². The molecule has 0 amide bonds. The third-order valence-corrected chi connectivity index (χ3v) is 5.00. The topological polar surface area (TPSA) is 24.9 Å². The molecule has 134 valence electrons. The number of benzene rings is 3. The highest BCUT2D eigenvalue weighted by Crippen LogP contribution is 2.28. The predicted molar refractivity (Wildman–Crippen MR) is 115 cm³/mol. The summed E-state index contributed by atoms with van der Waals surface area (Å²) in [4.78, 5) is 4.92. The number of rotatable bonds is 4. The van der Waals surface area contributed by atoms with Crippen molar-refractivity contribution in [3.63, 3.8) is 0 Å². The highest BCUT2D eigenvalue weighted by atomic mass is 14.9. The lowest BCUT2D eigenvalue weighted by atomic mass is 10.0. The molecular formula is C25H24N2. The number of pyridine rings is 1. The summed E-state index contributed by atoms with van der Waals surface area (Å²) in [6.45, 7) is 7.16. The summed E-state index contributed by atoms with van der Waals surface area (Å²) >= 11 is 0. The van der Waals surface area contributed by atoms with Crippen molar-refractivity contribution < 1.29 is 0 Å². The van der Waals surface area contributed by atoms with Gasteiger partial charge >= 0.3 is 0 Å². The van der Waals surface area contributed by atoms with Gasteiger partial charge in [0.2, 0.25) is 0 Å². The van der Waals surface area contributed by atoms with Gasteiger partial charge in [-0.05, 0) is 54.8 Å². The van der Waals surface area contributed by atoms with Crippen LogP contribution in [-0.2, 0) is 6.54 Å². The van der Waals surface area contributed by atoms with E-state index in [-0.39, 0.29) is 0 Å². The Labute approximate surface area is 160 Å². The molecule has 0 saturated carbocycles. The van der Waals surface area contributed by atoms with Gasteiger partial charge in [0.15, 0.2) is 0 Å². The molecule has 3 aromatic carbocycles.